The van der Waals surface area contributed by atoms with E-state index in [0.29, 0.717) is 27.0 Å². The first kappa shape index (κ1) is 15.9. The number of hydrogen-bond acceptors (Lipinski definition) is 4. The number of fused-ring (bicyclic) bond motifs is 2. The summed E-state index contributed by atoms with van der Waals surface area (Å²) >= 11 is 4.58. The Morgan fingerprint density at radius 3 is 2.71 bits per heavy atom. The Kier molecular flexibility index (Phi) is 4.49. The molecule has 1 aromatic heterocycles. The molecular formula is C14H20BrNO3S2. The highest BCUT2D eigenvalue weighted by Crippen LogP contribution is 2.48. The monoisotopic (exact) mass is 393 g/mol. The molecule has 7 heteroatoms. The lowest BCUT2D eigenvalue weighted by atomic mass is 9.89. The maximum atomic E-state index is 12.7. The molecule has 3 atom stereocenters. The molecule has 2 bridgehead atoms. The van der Waals surface area contributed by atoms with Crippen LogP contribution in [0.25, 0.3) is 0 Å². The van der Waals surface area contributed by atoms with E-state index in [1.54, 1.807) is 13.1 Å². The molecule has 0 aromatic carbocycles. The maximum Gasteiger partial charge on any atom is 0.244 e. The van der Waals surface area contributed by atoms with Crippen LogP contribution in [0.1, 0.15) is 30.6 Å². The Balaban J connectivity index is 1.76. The average molecular weight is 394 g/mol. The normalized spacial score (nSPS) is 28.7. The molecule has 4 nitrogen and oxygen atoms in total. The first-order chi connectivity index (χ1) is 9.91. The average Bonchev–Trinajstić information content (AvgIpc) is 3.13. The van der Waals surface area contributed by atoms with E-state index in [1.165, 1.54) is 41.3 Å². The molecule has 0 amide bonds. The summed E-state index contributed by atoms with van der Waals surface area (Å²) in [6, 6.07) is 1.57. The number of halogens is 1. The van der Waals surface area contributed by atoms with Crippen molar-refractivity contribution in [2.24, 2.45) is 17.8 Å². The maximum absolute atomic E-state index is 12.7. The van der Waals surface area contributed by atoms with Gasteiger partial charge in [0.1, 0.15) is 4.90 Å². The van der Waals surface area contributed by atoms with Gasteiger partial charge in [-0.15, -0.1) is 11.3 Å². The molecule has 21 heavy (non-hydrogen) atoms. The first-order valence-corrected chi connectivity index (χ1v) is 10.3. The number of rotatable bonds is 5. The molecule has 3 rings (SSSR count). The Morgan fingerprint density at radius 1 is 1.43 bits per heavy atom. The molecule has 0 aliphatic heterocycles. The third-order valence-electron chi connectivity index (χ3n) is 4.93. The van der Waals surface area contributed by atoms with Gasteiger partial charge in [-0.25, -0.2) is 12.7 Å². The number of aliphatic hydroxyl groups excluding tert-OH is 1. The lowest BCUT2D eigenvalue weighted by Crippen LogP contribution is -2.33. The molecule has 2 fully saturated rings. The summed E-state index contributed by atoms with van der Waals surface area (Å²) < 4.78 is 27.5. The fourth-order valence-corrected chi connectivity index (χ4v) is 7.56. The minimum Gasteiger partial charge on any atom is -0.391 e. The van der Waals surface area contributed by atoms with Crippen molar-refractivity contribution < 1.29 is 13.5 Å². The highest BCUT2D eigenvalue weighted by molar-refractivity contribution is 9.11. The lowest BCUT2D eigenvalue weighted by molar-refractivity contribution is 0.280. The van der Waals surface area contributed by atoms with Gasteiger partial charge >= 0.3 is 0 Å². The largest absolute Gasteiger partial charge is 0.391 e. The topological polar surface area (TPSA) is 57.6 Å². The second-order valence-corrected chi connectivity index (χ2v) is 10.7. The molecule has 1 N–H and O–H groups in total. The van der Waals surface area contributed by atoms with E-state index in [0.717, 1.165) is 5.92 Å². The summed E-state index contributed by atoms with van der Waals surface area (Å²) in [6.45, 7) is 0.481. The summed E-state index contributed by atoms with van der Waals surface area (Å²) in [6.07, 6.45) is 5.06. The molecule has 2 saturated carbocycles. The number of nitrogens with zero attached hydrogens (tertiary/aromatic N) is 1. The van der Waals surface area contributed by atoms with Gasteiger partial charge in [-0.2, -0.15) is 0 Å². The second kappa shape index (κ2) is 5.92. The van der Waals surface area contributed by atoms with Crippen LogP contribution in [0.15, 0.2) is 14.7 Å². The molecule has 0 radical (unpaired) electrons. The van der Waals surface area contributed by atoms with Gasteiger partial charge < -0.3 is 5.11 Å². The smallest absolute Gasteiger partial charge is 0.244 e. The molecule has 0 spiro atoms. The van der Waals surface area contributed by atoms with Crippen LogP contribution in [-0.2, 0) is 16.6 Å². The molecule has 118 valence electrons. The summed E-state index contributed by atoms with van der Waals surface area (Å²) in [4.78, 5) is 0.941. The zero-order chi connectivity index (χ0) is 15.2. The molecule has 1 heterocycles. The van der Waals surface area contributed by atoms with Crippen LogP contribution in [0.2, 0.25) is 0 Å². The summed E-state index contributed by atoms with van der Waals surface area (Å²) in [5.41, 5.74) is 0. The predicted molar refractivity (Wildman–Crippen MR) is 86.7 cm³/mol. The van der Waals surface area contributed by atoms with Crippen molar-refractivity contribution in [3.8, 4) is 0 Å². The minimum atomic E-state index is -3.48. The Bertz CT molecular complexity index is 628. The highest BCUT2D eigenvalue weighted by Gasteiger charge is 2.41. The standard InChI is InChI=1S/C14H20BrNO3S2/c1-16(7-11-5-9-2-3-10(11)4-9)21(18,19)13-6-12(8-17)20-14(13)15/h6,9-11,17H,2-5,7-8H2,1H3. The molecule has 2 aliphatic carbocycles. The van der Waals surface area contributed by atoms with Crippen molar-refractivity contribution >= 4 is 37.3 Å². The molecular weight excluding hydrogens is 374 g/mol. The lowest BCUT2D eigenvalue weighted by Gasteiger charge is -2.26. The van der Waals surface area contributed by atoms with Gasteiger partial charge in [-0.05, 0) is 59.0 Å². The first-order valence-electron chi connectivity index (χ1n) is 7.27. The van der Waals surface area contributed by atoms with Crippen molar-refractivity contribution in [3.05, 3.63) is 14.7 Å². The summed E-state index contributed by atoms with van der Waals surface area (Å²) in [5.74, 6) is 2.05. The second-order valence-electron chi connectivity index (χ2n) is 6.23. The Labute approximate surface area is 138 Å². The van der Waals surface area contributed by atoms with Crippen LogP contribution < -0.4 is 0 Å². The van der Waals surface area contributed by atoms with E-state index in [-0.39, 0.29) is 11.5 Å². The third-order valence-corrected chi connectivity index (χ3v) is 8.99. The van der Waals surface area contributed by atoms with E-state index < -0.39 is 10.0 Å². The third kappa shape index (κ3) is 2.95. The van der Waals surface area contributed by atoms with Crippen molar-refractivity contribution in [2.45, 2.75) is 37.2 Å². The van der Waals surface area contributed by atoms with Crippen LogP contribution in [-0.4, -0.2) is 31.4 Å². The Morgan fingerprint density at radius 2 is 2.19 bits per heavy atom. The van der Waals surface area contributed by atoms with Gasteiger partial charge in [-0.3, -0.25) is 0 Å². The van der Waals surface area contributed by atoms with Crippen molar-refractivity contribution in [1.29, 1.82) is 0 Å². The number of hydrogen-bond donors (Lipinski definition) is 1. The van der Waals surface area contributed by atoms with E-state index >= 15 is 0 Å². The number of thiophene rings is 1. The number of aliphatic hydroxyl groups is 1. The van der Waals surface area contributed by atoms with Crippen LogP contribution in [0.5, 0.6) is 0 Å². The fourth-order valence-electron chi connectivity index (χ4n) is 3.85. The zero-order valence-electron chi connectivity index (χ0n) is 12.0. The Hall–Kier alpha value is 0.0500. The van der Waals surface area contributed by atoms with Crippen LogP contribution in [0.4, 0.5) is 0 Å². The quantitative estimate of drug-likeness (QED) is 0.835. The van der Waals surface area contributed by atoms with Gasteiger partial charge in [0.2, 0.25) is 10.0 Å². The van der Waals surface area contributed by atoms with Crippen LogP contribution >= 0.6 is 27.3 Å². The van der Waals surface area contributed by atoms with Gasteiger partial charge in [0.15, 0.2) is 0 Å². The van der Waals surface area contributed by atoms with Crippen LogP contribution in [0, 0.1) is 17.8 Å². The fraction of sp³-hybridized carbons (Fsp3) is 0.714. The van der Waals surface area contributed by atoms with Gasteiger partial charge in [-0.1, -0.05) is 6.42 Å². The van der Waals surface area contributed by atoms with E-state index in [4.69, 9.17) is 5.11 Å². The molecule has 3 unspecified atom stereocenters. The van der Waals surface area contributed by atoms with Crippen molar-refractivity contribution in [1.82, 2.24) is 4.31 Å². The van der Waals surface area contributed by atoms with Crippen molar-refractivity contribution in [2.75, 3.05) is 13.6 Å². The number of sulfonamides is 1. The van der Waals surface area contributed by atoms with Crippen molar-refractivity contribution in [3.63, 3.8) is 0 Å². The highest BCUT2D eigenvalue weighted by atomic mass is 79.9. The predicted octanol–water partition coefficient (Wildman–Crippen LogP) is 3.06. The van der Waals surface area contributed by atoms with E-state index in [9.17, 15) is 8.42 Å². The van der Waals surface area contributed by atoms with Gasteiger partial charge in [0, 0.05) is 18.5 Å². The van der Waals surface area contributed by atoms with E-state index in [2.05, 4.69) is 15.9 Å². The molecule has 2 aliphatic rings. The van der Waals surface area contributed by atoms with Crippen LogP contribution in [0.3, 0.4) is 0 Å². The zero-order valence-corrected chi connectivity index (χ0v) is 15.2. The van der Waals surface area contributed by atoms with Gasteiger partial charge in [0.25, 0.3) is 0 Å². The van der Waals surface area contributed by atoms with E-state index in [1.807, 2.05) is 0 Å². The minimum absolute atomic E-state index is 0.130. The SMILES string of the molecule is CN(CC1CC2CCC1C2)S(=O)(=O)c1cc(CO)sc1Br. The molecule has 1 aromatic rings. The molecule has 0 saturated heterocycles. The summed E-state index contributed by atoms with van der Waals surface area (Å²) in [7, 11) is -1.81. The van der Waals surface area contributed by atoms with Gasteiger partial charge in [0.05, 0.1) is 10.4 Å². The summed E-state index contributed by atoms with van der Waals surface area (Å²) in [5, 5.41) is 9.16.